The highest BCUT2D eigenvalue weighted by Crippen LogP contribution is 2.25. The molecule has 0 aliphatic carbocycles. The van der Waals surface area contributed by atoms with Crippen LogP contribution in [0.15, 0.2) is 24.3 Å². The Morgan fingerprint density at radius 1 is 1.24 bits per heavy atom. The minimum atomic E-state index is -0.809. The molecule has 0 saturated carbocycles. The second-order valence-electron chi connectivity index (χ2n) is 5.70. The summed E-state index contributed by atoms with van der Waals surface area (Å²) in [6, 6.07) is 7.54. The number of ether oxygens (including phenoxy) is 1. The molecule has 0 aromatic heterocycles. The van der Waals surface area contributed by atoms with Crippen LogP contribution >= 0.6 is 0 Å². The average Bonchev–Trinajstić information content (AvgIpc) is 2.39. The minimum Gasteiger partial charge on any atom is -0.481 e. The van der Waals surface area contributed by atoms with Gasteiger partial charge in [0.05, 0.1) is 5.92 Å². The Balaban J connectivity index is 1.84. The number of carbonyl (C=O) groups excluding carboxylic acids is 1. The van der Waals surface area contributed by atoms with Gasteiger partial charge in [0.2, 0.25) is 0 Å². The summed E-state index contributed by atoms with van der Waals surface area (Å²) in [7, 11) is 0. The number of hydrogen-bond donors (Lipinski definition) is 1. The Labute approximate surface area is 124 Å². The van der Waals surface area contributed by atoms with E-state index >= 15 is 0 Å². The number of carbonyl (C=O) groups is 2. The van der Waals surface area contributed by atoms with Crippen molar-refractivity contribution < 1.29 is 19.4 Å². The summed E-state index contributed by atoms with van der Waals surface area (Å²) in [6.07, 6.45) is -0.561. The lowest BCUT2D eigenvalue weighted by atomic mass is 9.87. The zero-order chi connectivity index (χ0) is 15.6. The molecule has 5 heteroatoms. The van der Waals surface area contributed by atoms with E-state index in [1.54, 1.807) is 18.7 Å². The van der Waals surface area contributed by atoms with Gasteiger partial charge in [-0.15, -0.1) is 0 Å². The lowest BCUT2D eigenvalue weighted by molar-refractivity contribution is -0.153. The van der Waals surface area contributed by atoms with Gasteiger partial charge in [-0.25, -0.2) is 0 Å². The zero-order valence-electron chi connectivity index (χ0n) is 12.6. The number of carboxylic acids is 1. The van der Waals surface area contributed by atoms with Crippen LogP contribution in [0.5, 0.6) is 5.75 Å². The molecule has 114 valence electrons. The number of aliphatic carboxylic acids is 1. The molecule has 0 bridgehead atoms. The Kier molecular flexibility index (Phi) is 4.50. The number of likely N-dealkylation sites (tertiary alicyclic amines) is 1. The molecule has 2 rings (SSSR count). The predicted molar refractivity (Wildman–Crippen MR) is 78.1 cm³/mol. The fraction of sp³-hybridized carbons (Fsp3) is 0.500. The third kappa shape index (κ3) is 3.54. The van der Waals surface area contributed by atoms with Gasteiger partial charge in [-0.1, -0.05) is 24.6 Å². The summed E-state index contributed by atoms with van der Waals surface area (Å²) in [4.78, 5) is 24.7. The topological polar surface area (TPSA) is 66.8 Å². The van der Waals surface area contributed by atoms with Gasteiger partial charge in [0.1, 0.15) is 5.75 Å². The lowest BCUT2D eigenvalue weighted by Gasteiger charge is -2.42. The molecular weight excluding hydrogens is 270 g/mol. The van der Waals surface area contributed by atoms with Gasteiger partial charge in [0.15, 0.2) is 6.10 Å². The first kappa shape index (κ1) is 15.4. The van der Waals surface area contributed by atoms with Crippen molar-refractivity contribution in [2.24, 2.45) is 11.8 Å². The van der Waals surface area contributed by atoms with Crippen molar-refractivity contribution in [3.63, 3.8) is 0 Å². The van der Waals surface area contributed by atoms with E-state index in [1.165, 1.54) is 0 Å². The highest BCUT2D eigenvalue weighted by atomic mass is 16.5. The maximum Gasteiger partial charge on any atom is 0.306 e. The first-order chi connectivity index (χ1) is 9.88. The molecule has 1 aromatic carbocycles. The van der Waals surface area contributed by atoms with Gasteiger partial charge >= 0.3 is 5.97 Å². The zero-order valence-corrected chi connectivity index (χ0v) is 12.6. The second-order valence-corrected chi connectivity index (χ2v) is 5.70. The minimum absolute atomic E-state index is 0.0398. The number of aryl methyl sites for hydroxylation is 1. The van der Waals surface area contributed by atoms with Crippen LogP contribution in [0, 0.1) is 18.8 Å². The third-order valence-corrected chi connectivity index (χ3v) is 4.00. The van der Waals surface area contributed by atoms with E-state index in [4.69, 9.17) is 9.84 Å². The van der Waals surface area contributed by atoms with Gasteiger partial charge in [-0.2, -0.15) is 0 Å². The summed E-state index contributed by atoms with van der Waals surface area (Å²) in [5, 5.41) is 8.94. The van der Waals surface area contributed by atoms with Crippen LogP contribution in [0.2, 0.25) is 0 Å². The van der Waals surface area contributed by atoms with E-state index in [0.717, 1.165) is 5.56 Å². The highest BCUT2D eigenvalue weighted by Gasteiger charge is 2.38. The van der Waals surface area contributed by atoms with Gasteiger partial charge in [0, 0.05) is 19.0 Å². The van der Waals surface area contributed by atoms with Crippen molar-refractivity contribution in [2.75, 3.05) is 13.1 Å². The molecule has 2 atom stereocenters. The van der Waals surface area contributed by atoms with E-state index < -0.39 is 18.0 Å². The maximum absolute atomic E-state index is 12.2. The molecule has 21 heavy (non-hydrogen) atoms. The molecule has 1 aliphatic heterocycles. The summed E-state index contributed by atoms with van der Waals surface area (Å²) >= 11 is 0. The Bertz CT molecular complexity index is 520. The fourth-order valence-corrected chi connectivity index (χ4v) is 2.34. The normalized spacial score (nSPS) is 17.8. The molecule has 5 nitrogen and oxygen atoms in total. The van der Waals surface area contributed by atoms with Crippen LogP contribution in [-0.4, -0.2) is 41.1 Å². The first-order valence-corrected chi connectivity index (χ1v) is 7.13. The number of hydrogen-bond acceptors (Lipinski definition) is 3. The molecule has 0 spiro atoms. The van der Waals surface area contributed by atoms with E-state index in [2.05, 4.69) is 0 Å². The summed E-state index contributed by atoms with van der Waals surface area (Å²) in [5.74, 6) is -0.613. The fourth-order valence-electron chi connectivity index (χ4n) is 2.34. The van der Waals surface area contributed by atoms with Gasteiger partial charge in [-0.3, -0.25) is 9.59 Å². The summed E-state index contributed by atoms with van der Waals surface area (Å²) in [6.45, 7) is 6.38. The SMILES string of the molecule is Cc1ccc(OC(C)C(=O)N2CC(C(C)C(=O)O)C2)cc1. The van der Waals surface area contributed by atoms with Gasteiger partial charge in [-0.05, 0) is 26.0 Å². The van der Waals surface area contributed by atoms with E-state index in [0.29, 0.717) is 18.8 Å². The molecule has 1 aliphatic rings. The average molecular weight is 291 g/mol. The quantitative estimate of drug-likeness (QED) is 0.900. The molecule has 1 fully saturated rings. The first-order valence-electron chi connectivity index (χ1n) is 7.13. The van der Waals surface area contributed by atoms with Crippen molar-refractivity contribution in [3.8, 4) is 5.75 Å². The van der Waals surface area contributed by atoms with Crippen LogP contribution in [-0.2, 0) is 9.59 Å². The number of benzene rings is 1. The molecule has 1 aromatic rings. The standard InChI is InChI=1S/C16H21NO4/c1-10-4-6-14(7-5-10)21-12(3)15(18)17-8-13(9-17)11(2)16(19)20/h4-7,11-13H,8-9H2,1-3H3,(H,19,20). The molecule has 1 N–H and O–H groups in total. The number of nitrogens with zero attached hydrogens (tertiary/aromatic N) is 1. The van der Waals surface area contributed by atoms with Crippen molar-refractivity contribution >= 4 is 11.9 Å². The molecule has 1 amide bonds. The lowest BCUT2D eigenvalue weighted by Crippen LogP contribution is -2.56. The van der Waals surface area contributed by atoms with Gasteiger partial charge in [0.25, 0.3) is 5.91 Å². The number of carboxylic acid groups (broad SMARTS) is 1. The summed E-state index contributed by atoms with van der Waals surface area (Å²) < 4.78 is 5.62. The monoisotopic (exact) mass is 291 g/mol. The molecule has 2 unspecified atom stereocenters. The Morgan fingerprint density at radius 3 is 2.33 bits per heavy atom. The van der Waals surface area contributed by atoms with E-state index in [-0.39, 0.29) is 11.8 Å². The van der Waals surface area contributed by atoms with Crippen LogP contribution in [0.1, 0.15) is 19.4 Å². The molecular formula is C16H21NO4. The molecule has 1 saturated heterocycles. The number of rotatable bonds is 5. The third-order valence-electron chi connectivity index (χ3n) is 4.00. The molecule has 0 radical (unpaired) electrons. The predicted octanol–water partition coefficient (Wildman–Crippen LogP) is 1.94. The van der Waals surface area contributed by atoms with E-state index in [1.807, 2.05) is 31.2 Å². The molecule has 1 heterocycles. The Hall–Kier alpha value is -2.04. The largest absolute Gasteiger partial charge is 0.481 e. The van der Waals surface area contributed by atoms with Crippen molar-refractivity contribution in [3.05, 3.63) is 29.8 Å². The summed E-state index contributed by atoms with van der Waals surface area (Å²) in [5.41, 5.74) is 1.13. The number of amides is 1. The smallest absolute Gasteiger partial charge is 0.306 e. The van der Waals surface area contributed by atoms with Crippen LogP contribution < -0.4 is 4.74 Å². The Morgan fingerprint density at radius 2 is 1.81 bits per heavy atom. The van der Waals surface area contributed by atoms with E-state index in [9.17, 15) is 9.59 Å². The van der Waals surface area contributed by atoms with Crippen molar-refractivity contribution in [1.29, 1.82) is 0 Å². The van der Waals surface area contributed by atoms with Gasteiger partial charge < -0.3 is 14.7 Å². The van der Waals surface area contributed by atoms with Crippen molar-refractivity contribution in [2.45, 2.75) is 26.9 Å². The maximum atomic E-state index is 12.2. The van der Waals surface area contributed by atoms with Crippen LogP contribution in [0.25, 0.3) is 0 Å². The van der Waals surface area contributed by atoms with Crippen molar-refractivity contribution in [1.82, 2.24) is 4.90 Å². The van der Waals surface area contributed by atoms with Crippen LogP contribution in [0.3, 0.4) is 0 Å². The van der Waals surface area contributed by atoms with Crippen LogP contribution in [0.4, 0.5) is 0 Å². The second kappa shape index (κ2) is 6.16. The highest BCUT2D eigenvalue weighted by molar-refractivity contribution is 5.82.